The van der Waals surface area contributed by atoms with E-state index in [9.17, 15) is 19.7 Å². The summed E-state index contributed by atoms with van der Waals surface area (Å²) in [6, 6.07) is 20.0. The Bertz CT molecular complexity index is 1240. The number of nitrogens with zero attached hydrogens (tertiary/aromatic N) is 2. The van der Waals surface area contributed by atoms with E-state index in [-0.39, 0.29) is 35.8 Å². The fourth-order valence-corrected chi connectivity index (χ4v) is 5.23. The van der Waals surface area contributed by atoms with Gasteiger partial charge in [-0.3, -0.25) is 19.7 Å². The first-order valence-corrected chi connectivity index (χ1v) is 13.9. The molecule has 0 saturated carbocycles. The SMILES string of the molecule is CC(C)NC(=O)[C@@H](Cc1ccccc1)N(Cc1c(Cl)cccc1Cl)C(=O)CSCc1ccc([N+](=O)[O-])cc1. The van der Waals surface area contributed by atoms with Crippen LogP contribution in [0.4, 0.5) is 5.69 Å². The van der Waals surface area contributed by atoms with E-state index in [2.05, 4.69) is 5.32 Å². The standard InChI is InChI=1S/C28H29Cl2N3O4S/c1-19(2)31-28(35)26(15-20-7-4-3-5-8-20)32(16-23-24(29)9-6-10-25(23)30)27(34)18-38-17-21-11-13-22(14-12-21)33(36)37/h3-14,19,26H,15-18H2,1-2H3,(H,31,35)/t26-/m1/s1. The summed E-state index contributed by atoms with van der Waals surface area (Å²) in [5.74, 6) is 0.0686. The first-order valence-electron chi connectivity index (χ1n) is 12.0. The second kappa shape index (κ2) is 14.2. The molecular formula is C28H29Cl2N3O4S. The lowest BCUT2D eigenvalue weighted by Gasteiger charge is -2.32. The highest BCUT2D eigenvalue weighted by atomic mass is 35.5. The number of non-ortho nitro benzene ring substituents is 1. The van der Waals surface area contributed by atoms with Gasteiger partial charge in [0.05, 0.1) is 10.7 Å². The van der Waals surface area contributed by atoms with Gasteiger partial charge in [-0.1, -0.05) is 71.7 Å². The number of amides is 2. The van der Waals surface area contributed by atoms with E-state index in [0.717, 1.165) is 11.1 Å². The number of halogens is 2. The van der Waals surface area contributed by atoms with Crippen LogP contribution in [0.15, 0.2) is 72.8 Å². The van der Waals surface area contributed by atoms with Crippen molar-refractivity contribution in [2.24, 2.45) is 0 Å². The summed E-state index contributed by atoms with van der Waals surface area (Å²) in [6.45, 7) is 3.81. The molecule has 3 aromatic carbocycles. The predicted molar refractivity (Wildman–Crippen MR) is 153 cm³/mol. The van der Waals surface area contributed by atoms with Crippen molar-refractivity contribution in [3.05, 3.63) is 110 Å². The topological polar surface area (TPSA) is 92.6 Å². The third kappa shape index (κ3) is 8.48. The molecule has 0 bridgehead atoms. The van der Waals surface area contributed by atoms with Crippen molar-refractivity contribution in [2.75, 3.05) is 5.75 Å². The molecule has 7 nitrogen and oxygen atoms in total. The lowest BCUT2D eigenvalue weighted by molar-refractivity contribution is -0.384. The van der Waals surface area contributed by atoms with Gasteiger partial charge in [-0.2, -0.15) is 0 Å². The number of benzene rings is 3. The van der Waals surface area contributed by atoms with E-state index < -0.39 is 11.0 Å². The van der Waals surface area contributed by atoms with Crippen molar-refractivity contribution < 1.29 is 14.5 Å². The van der Waals surface area contributed by atoms with Crippen LogP contribution < -0.4 is 5.32 Å². The van der Waals surface area contributed by atoms with E-state index >= 15 is 0 Å². The van der Waals surface area contributed by atoms with Crippen molar-refractivity contribution >= 4 is 52.5 Å². The second-order valence-corrected chi connectivity index (χ2v) is 10.8. The Morgan fingerprint density at radius 1 is 0.947 bits per heavy atom. The molecule has 0 aromatic heterocycles. The van der Waals surface area contributed by atoms with E-state index in [1.165, 1.54) is 23.9 Å². The Kier molecular flexibility index (Phi) is 11.0. The normalized spacial score (nSPS) is 11.7. The van der Waals surface area contributed by atoms with Gasteiger partial charge in [0.25, 0.3) is 5.69 Å². The van der Waals surface area contributed by atoms with E-state index in [0.29, 0.717) is 27.8 Å². The monoisotopic (exact) mass is 573 g/mol. The van der Waals surface area contributed by atoms with E-state index in [1.807, 2.05) is 44.2 Å². The Morgan fingerprint density at radius 3 is 2.16 bits per heavy atom. The first kappa shape index (κ1) is 29.5. The molecule has 0 fully saturated rings. The molecular weight excluding hydrogens is 545 g/mol. The van der Waals surface area contributed by atoms with E-state index in [4.69, 9.17) is 23.2 Å². The number of thioether (sulfide) groups is 1. The maximum atomic E-state index is 13.7. The molecule has 0 saturated heterocycles. The molecule has 200 valence electrons. The van der Waals surface area contributed by atoms with Crippen molar-refractivity contribution in [1.82, 2.24) is 10.2 Å². The number of rotatable bonds is 12. The molecule has 0 aliphatic carbocycles. The molecule has 0 aliphatic heterocycles. The van der Waals surface area contributed by atoms with E-state index in [1.54, 1.807) is 35.2 Å². The van der Waals surface area contributed by atoms with Gasteiger partial charge in [0.15, 0.2) is 0 Å². The van der Waals surface area contributed by atoms with Gasteiger partial charge in [0.2, 0.25) is 11.8 Å². The lowest BCUT2D eigenvalue weighted by Crippen LogP contribution is -2.52. The summed E-state index contributed by atoms with van der Waals surface area (Å²) in [7, 11) is 0. The van der Waals surface area contributed by atoms with Gasteiger partial charge in [-0.15, -0.1) is 11.8 Å². The minimum Gasteiger partial charge on any atom is -0.352 e. The minimum atomic E-state index is -0.792. The molecule has 0 spiro atoms. The van der Waals surface area contributed by atoms with Crippen LogP contribution in [0.1, 0.15) is 30.5 Å². The highest BCUT2D eigenvalue weighted by molar-refractivity contribution is 7.99. The predicted octanol–water partition coefficient (Wildman–Crippen LogP) is 6.30. The number of carbonyl (C=O) groups excluding carboxylic acids is 2. The summed E-state index contributed by atoms with van der Waals surface area (Å²) in [5.41, 5.74) is 2.35. The molecule has 0 radical (unpaired) electrons. The fourth-order valence-electron chi connectivity index (χ4n) is 3.84. The van der Waals surface area contributed by atoms with Gasteiger partial charge in [0.1, 0.15) is 6.04 Å². The zero-order chi connectivity index (χ0) is 27.7. The average Bonchev–Trinajstić information content (AvgIpc) is 2.88. The van der Waals surface area contributed by atoms with Gasteiger partial charge >= 0.3 is 0 Å². The molecule has 3 rings (SSSR count). The summed E-state index contributed by atoms with van der Waals surface area (Å²) in [6.07, 6.45) is 0.320. The number of carbonyl (C=O) groups is 2. The number of hydrogen-bond donors (Lipinski definition) is 1. The molecule has 38 heavy (non-hydrogen) atoms. The maximum absolute atomic E-state index is 13.7. The van der Waals surface area contributed by atoms with Crippen LogP contribution in [0.2, 0.25) is 10.0 Å². The number of hydrogen-bond acceptors (Lipinski definition) is 5. The Morgan fingerprint density at radius 2 is 1.58 bits per heavy atom. The molecule has 10 heteroatoms. The maximum Gasteiger partial charge on any atom is 0.269 e. The third-order valence-corrected chi connectivity index (χ3v) is 7.43. The second-order valence-electron chi connectivity index (χ2n) is 9.01. The number of nitro benzene ring substituents is 1. The Hall–Kier alpha value is -3.07. The zero-order valence-electron chi connectivity index (χ0n) is 21.1. The van der Waals surface area contributed by atoms with Crippen LogP contribution in [0.3, 0.4) is 0 Å². The fraction of sp³-hybridized carbons (Fsp3) is 0.286. The van der Waals surface area contributed by atoms with Gasteiger partial charge < -0.3 is 10.2 Å². The molecule has 0 heterocycles. The molecule has 2 amide bonds. The molecule has 1 N–H and O–H groups in total. The summed E-state index contributed by atoms with van der Waals surface area (Å²) >= 11 is 14.3. The first-order chi connectivity index (χ1) is 18.2. The van der Waals surface area contributed by atoms with Crippen LogP contribution in [0, 0.1) is 10.1 Å². The number of nitro groups is 1. The van der Waals surface area contributed by atoms with Gasteiger partial charge in [0, 0.05) is 52.5 Å². The number of nitrogens with one attached hydrogen (secondary N) is 1. The molecule has 0 unspecified atom stereocenters. The largest absolute Gasteiger partial charge is 0.352 e. The van der Waals surface area contributed by atoms with Crippen LogP contribution in [-0.4, -0.2) is 39.5 Å². The molecule has 1 atom stereocenters. The van der Waals surface area contributed by atoms with Crippen molar-refractivity contribution in [3.8, 4) is 0 Å². The smallest absolute Gasteiger partial charge is 0.269 e. The van der Waals surface area contributed by atoms with Crippen LogP contribution in [0.25, 0.3) is 0 Å². The summed E-state index contributed by atoms with van der Waals surface area (Å²) < 4.78 is 0. The van der Waals surface area contributed by atoms with Crippen LogP contribution in [0.5, 0.6) is 0 Å². The minimum absolute atomic E-state index is 0.0116. The molecule has 0 aliphatic rings. The average molecular weight is 575 g/mol. The van der Waals surface area contributed by atoms with Crippen LogP contribution in [-0.2, 0) is 28.3 Å². The van der Waals surface area contributed by atoms with Crippen LogP contribution >= 0.6 is 35.0 Å². The highest BCUT2D eigenvalue weighted by Gasteiger charge is 2.31. The zero-order valence-corrected chi connectivity index (χ0v) is 23.4. The highest BCUT2D eigenvalue weighted by Crippen LogP contribution is 2.28. The Balaban J connectivity index is 1.86. The van der Waals surface area contributed by atoms with Crippen molar-refractivity contribution in [3.63, 3.8) is 0 Å². The lowest BCUT2D eigenvalue weighted by atomic mass is 10.0. The van der Waals surface area contributed by atoms with Gasteiger partial charge in [-0.05, 0) is 37.1 Å². The van der Waals surface area contributed by atoms with Crippen molar-refractivity contribution in [1.29, 1.82) is 0 Å². The van der Waals surface area contributed by atoms with Gasteiger partial charge in [-0.25, -0.2) is 0 Å². The summed E-state index contributed by atoms with van der Waals surface area (Å²) in [4.78, 5) is 39.1. The summed E-state index contributed by atoms with van der Waals surface area (Å²) in [5, 5.41) is 14.7. The van der Waals surface area contributed by atoms with Crippen molar-refractivity contribution in [2.45, 2.75) is 44.6 Å². The quantitative estimate of drug-likeness (QED) is 0.203. The Labute approximate surface area is 236 Å². The molecule has 3 aromatic rings. The third-order valence-electron chi connectivity index (χ3n) is 5.73.